The third kappa shape index (κ3) is 3.14. The van der Waals surface area contributed by atoms with Crippen molar-refractivity contribution >= 4 is 23.0 Å². The van der Waals surface area contributed by atoms with Crippen LogP contribution in [0.25, 0.3) is 11.0 Å². The smallest absolute Gasteiger partial charge is 0.312 e. The Hall–Kier alpha value is -3.42. The van der Waals surface area contributed by atoms with E-state index < -0.39 is 23.8 Å². The summed E-state index contributed by atoms with van der Waals surface area (Å²) in [5.41, 5.74) is 1.49. The fraction of sp³-hybridized carbons (Fsp3) is 0.176. The summed E-state index contributed by atoms with van der Waals surface area (Å²) in [6, 6.07) is 10.8. The summed E-state index contributed by atoms with van der Waals surface area (Å²) < 4.78 is 9.65. The highest BCUT2D eigenvalue weighted by atomic mass is 16.6. The van der Waals surface area contributed by atoms with E-state index in [9.17, 15) is 19.8 Å². The number of carboxylic acids is 2. The molecule has 3 rings (SSSR count). The molecule has 0 saturated carbocycles. The highest BCUT2D eigenvalue weighted by Gasteiger charge is 2.36. The number of ether oxygens (including phenoxy) is 1. The molecule has 8 heteroatoms. The Morgan fingerprint density at radius 1 is 0.920 bits per heavy atom. The first-order valence-corrected chi connectivity index (χ1v) is 7.33. The normalized spacial score (nSPS) is 13.3. The average molecular weight is 342 g/mol. The molecule has 0 aliphatic rings. The number of hydrogen-bond acceptors (Lipinski definition) is 6. The van der Waals surface area contributed by atoms with Crippen LogP contribution in [0.3, 0.4) is 0 Å². The van der Waals surface area contributed by atoms with Gasteiger partial charge in [-0.15, -0.1) is 0 Å². The molecule has 0 amide bonds. The maximum Gasteiger partial charge on any atom is 0.312 e. The lowest BCUT2D eigenvalue weighted by Crippen LogP contribution is -2.26. The van der Waals surface area contributed by atoms with Crippen LogP contribution in [0.5, 0.6) is 5.75 Å². The van der Waals surface area contributed by atoms with Gasteiger partial charge in [-0.05, 0) is 45.7 Å². The molecule has 0 radical (unpaired) electrons. The summed E-state index contributed by atoms with van der Waals surface area (Å²) in [7, 11) is 1.49. The number of methoxy groups -OCH3 is 1. The van der Waals surface area contributed by atoms with Crippen molar-refractivity contribution in [1.82, 2.24) is 10.3 Å². The van der Waals surface area contributed by atoms with Crippen molar-refractivity contribution in [2.75, 3.05) is 7.11 Å². The lowest BCUT2D eigenvalue weighted by Gasteiger charge is -2.21. The first-order valence-electron chi connectivity index (χ1n) is 7.33. The van der Waals surface area contributed by atoms with Gasteiger partial charge in [-0.1, -0.05) is 18.2 Å². The van der Waals surface area contributed by atoms with E-state index >= 15 is 0 Å². The van der Waals surface area contributed by atoms with Gasteiger partial charge in [0.1, 0.15) is 16.8 Å². The lowest BCUT2D eigenvalue weighted by molar-refractivity contribution is -0.147. The molecule has 25 heavy (non-hydrogen) atoms. The van der Waals surface area contributed by atoms with Crippen LogP contribution in [0, 0.1) is 0 Å². The van der Waals surface area contributed by atoms with Gasteiger partial charge in [-0.25, -0.2) is 4.63 Å². The molecular weight excluding hydrogens is 328 g/mol. The summed E-state index contributed by atoms with van der Waals surface area (Å²) in [4.78, 5) is 23.7. The van der Waals surface area contributed by atoms with Gasteiger partial charge in [0.2, 0.25) is 0 Å². The van der Waals surface area contributed by atoms with E-state index in [1.165, 1.54) is 19.2 Å². The van der Waals surface area contributed by atoms with Crippen molar-refractivity contribution in [2.45, 2.75) is 11.8 Å². The molecule has 3 aromatic rings. The summed E-state index contributed by atoms with van der Waals surface area (Å²) in [5, 5.41) is 26.7. The van der Waals surface area contributed by atoms with Crippen molar-refractivity contribution < 1.29 is 29.2 Å². The number of nitrogens with zero attached hydrogens (tertiary/aromatic N) is 2. The van der Waals surface area contributed by atoms with Gasteiger partial charge in [-0.2, -0.15) is 0 Å². The Balaban J connectivity index is 2.08. The fourth-order valence-corrected chi connectivity index (χ4v) is 2.76. The van der Waals surface area contributed by atoms with E-state index in [4.69, 9.17) is 4.74 Å². The van der Waals surface area contributed by atoms with Crippen molar-refractivity contribution in [3.05, 3.63) is 53.6 Å². The van der Waals surface area contributed by atoms with Crippen LogP contribution in [0.2, 0.25) is 0 Å². The standard InChI is InChI=1S/C17H14N2O6/c1-24-11-5-2-9(3-6-11)14(16(20)21)15(17(22)23)10-4-7-12-13(8-10)19-25-18-12/h2-8,14-15H,1H3,(H,20,21)(H,22,23). The van der Waals surface area contributed by atoms with E-state index in [1.807, 2.05) is 0 Å². The van der Waals surface area contributed by atoms with Gasteiger partial charge in [0.25, 0.3) is 0 Å². The zero-order chi connectivity index (χ0) is 18.0. The maximum absolute atomic E-state index is 11.9. The highest BCUT2D eigenvalue weighted by Crippen LogP contribution is 2.35. The Kier molecular flexibility index (Phi) is 4.34. The van der Waals surface area contributed by atoms with E-state index in [2.05, 4.69) is 14.9 Å². The first-order chi connectivity index (χ1) is 12.0. The van der Waals surface area contributed by atoms with Gasteiger partial charge < -0.3 is 14.9 Å². The second-order valence-corrected chi connectivity index (χ2v) is 5.42. The largest absolute Gasteiger partial charge is 0.497 e. The number of hydrogen-bond donors (Lipinski definition) is 2. The van der Waals surface area contributed by atoms with Crippen molar-refractivity contribution in [1.29, 1.82) is 0 Å². The van der Waals surface area contributed by atoms with Crippen LogP contribution < -0.4 is 4.74 Å². The molecule has 0 aliphatic heterocycles. The van der Waals surface area contributed by atoms with Crippen LogP contribution in [0.1, 0.15) is 23.0 Å². The van der Waals surface area contributed by atoms with Crippen LogP contribution >= 0.6 is 0 Å². The number of aromatic nitrogens is 2. The lowest BCUT2D eigenvalue weighted by atomic mass is 9.81. The molecule has 2 aromatic carbocycles. The molecular formula is C17H14N2O6. The minimum Gasteiger partial charge on any atom is -0.497 e. The molecule has 128 valence electrons. The molecule has 0 spiro atoms. The summed E-state index contributed by atoms with van der Waals surface area (Å²) in [5.74, 6) is -4.52. The highest BCUT2D eigenvalue weighted by molar-refractivity contribution is 5.89. The Morgan fingerprint density at radius 2 is 1.48 bits per heavy atom. The molecule has 2 atom stereocenters. The van der Waals surface area contributed by atoms with E-state index in [1.54, 1.807) is 30.3 Å². The third-order valence-electron chi connectivity index (χ3n) is 3.98. The molecule has 0 fully saturated rings. The van der Waals surface area contributed by atoms with E-state index in [0.29, 0.717) is 27.9 Å². The number of rotatable bonds is 6. The SMILES string of the molecule is COc1ccc(C(C(=O)O)C(C(=O)O)c2ccc3nonc3c2)cc1. The van der Waals surface area contributed by atoms with Crippen LogP contribution in [-0.2, 0) is 9.59 Å². The predicted octanol–water partition coefficient (Wildman–Crippen LogP) is 2.27. The van der Waals surface area contributed by atoms with Crippen molar-refractivity contribution in [2.24, 2.45) is 0 Å². The third-order valence-corrected chi connectivity index (χ3v) is 3.98. The molecule has 2 N–H and O–H groups in total. The zero-order valence-corrected chi connectivity index (χ0v) is 13.1. The molecule has 1 heterocycles. The van der Waals surface area contributed by atoms with E-state index in [0.717, 1.165) is 0 Å². The quantitative estimate of drug-likeness (QED) is 0.699. The minimum absolute atomic E-state index is 0.305. The first kappa shape index (κ1) is 16.4. The summed E-state index contributed by atoms with van der Waals surface area (Å²) in [6.45, 7) is 0. The second-order valence-electron chi connectivity index (χ2n) is 5.42. The number of aliphatic carboxylic acids is 2. The van der Waals surface area contributed by atoms with E-state index in [-0.39, 0.29) is 0 Å². The van der Waals surface area contributed by atoms with Crippen molar-refractivity contribution in [3.8, 4) is 5.75 Å². The Morgan fingerprint density at radius 3 is 2.08 bits per heavy atom. The van der Waals surface area contributed by atoms with Gasteiger partial charge in [0, 0.05) is 0 Å². The fourth-order valence-electron chi connectivity index (χ4n) is 2.76. The summed E-state index contributed by atoms with van der Waals surface area (Å²) >= 11 is 0. The average Bonchev–Trinajstić information content (AvgIpc) is 3.06. The van der Waals surface area contributed by atoms with Crippen LogP contribution in [0.15, 0.2) is 47.1 Å². The van der Waals surface area contributed by atoms with Gasteiger partial charge in [-0.3, -0.25) is 9.59 Å². The van der Waals surface area contributed by atoms with Gasteiger partial charge in [0.05, 0.1) is 18.9 Å². The Bertz CT molecular complexity index is 918. The van der Waals surface area contributed by atoms with Crippen molar-refractivity contribution in [3.63, 3.8) is 0 Å². The number of carbonyl (C=O) groups is 2. The molecule has 0 saturated heterocycles. The maximum atomic E-state index is 11.9. The molecule has 2 unspecified atom stereocenters. The second kappa shape index (κ2) is 6.60. The molecule has 1 aromatic heterocycles. The van der Waals surface area contributed by atoms with Gasteiger partial charge in [0.15, 0.2) is 0 Å². The minimum atomic E-state index is -1.30. The van der Waals surface area contributed by atoms with Gasteiger partial charge >= 0.3 is 11.9 Å². The predicted molar refractivity (Wildman–Crippen MR) is 85.6 cm³/mol. The number of carboxylic acid groups (broad SMARTS) is 2. The molecule has 0 aliphatic carbocycles. The molecule has 8 nitrogen and oxygen atoms in total. The monoisotopic (exact) mass is 342 g/mol. The number of fused-ring (bicyclic) bond motifs is 1. The summed E-state index contributed by atoms with van der Waals surface area (Å²) in [6.07, 6.45) is 0. The topological polar surface area (TPSA) is 123 Å². The number of benzene rings is 2. The Labute approximate surface area is 141 Å². The zero-order valence-electron chi connectivity index (χ0n) is 13.1. The molecule has 0 bridgehead atoms. The van der Waals surface area contributed by atoms with Crippen LogP contribution in [-0.4, -0.2) is 39.6 Å². The van der Waals surface area contributed by atoms with Crippen LogP contribution in [0.4, 0.5) is 0 Å².